The summed E-state index contributed by atoms with van der Waals surface area (Å²) in [5, 5.41) is 6.91. The molecule has 51 valence electrons. The van der Waals surface area contributed by atoms with Gasteiger partial charge in [0.25, 0.3) is 0 Å². The van der Waals surface area contributed by atoms with Gasteiger partial charge in [-0.1, -0.05) is 0 Å². The van der Waals surface area contributed by atoms with Gasteiger partial charge in [0.1, 0.15) is 0 Å². The molecule has 2 fully saturated rings. The van der Waals surface area contributed by atoms with Crippen molar-refractivity contribution >= 4 is 0 Å². The molecule has 2 atom stereocenters. The van der Waals surface area contributed by atoms with E-state index in [1.54, 1.807) is 0 Å². The van der Waals surface area contributed by atoms with E-state index in [0.717, 1.165) is 12.1 Å². The number of fused-ring (bicyclic) bond motifs is 2. The number of nitrogens with zero attached hydrogens (tertiary/aromatic N) is 1. The lowest BCUT2D eigenvalue weighted by atomic mass is 10.2. The Balaban J connectivity index is 0.000000405. The van der Waals surface area contributed by atoms with Crippen LogP contribution in [0, 0.1) is 0 Å². The van der Waals surface area contributed by atoms with Crippen LogP contribution in [0.4, 0.5) is 0 Å². The Bertz CT molecular complexity index is 80.3. The maximum atomic E-state index is 3.53. The van der Waals surface area contributed by atoms with Crippen molar-refractivity contribution in [1.29, 1.82) is 0 Å². The summed E-state index contributed by atoms with van der Waals surface area (Å²) in [5.41, 5.74) is 0. The third-order valence-electron chi connectivity index (χ3n) is 2.12. The number of nitrogens with one attached hydrogen (secondary N) is 2. The molecule has 0 amide bonds. The fourth-order valence-corrected chi connectivity index (χ4v) is 1.66. The van der Waals surface area contributed by atoms with Gasteiger partial charge in [0.05, 0.1) is 0 Å². The van der Waals surface area contributed by atoms with E-state index >= 15 is 0 Å². The monoisotopic (exact) mass is 126 g/mol. The summed E-state index contributed by atoms with van der Waals surface area (Å²) < 4.78 is 0. The van der Waals surface area contributed by atoms with Crippen molar-refractivity contribution in [2.24, 2.45) is 0 Å². The molecule has 0 aromatic heterocycles. The van der Waals surface area contributed by atoms with E-state index < -0.39 is 0 Å². The molecule has 3 radical (unpaired) electrons. The minimum Gasteiger partial charge on any atom is -0.314 e. The summed E-state index contributed by atoms with van der Waals surface area (Å²) in [7, 11) is 0. The van der Waals surface area contributed by atoms with Crippen molar-refractivity contribution in [2.75, 3.05) is 13.1 Å². The molecule has 2 saturated heterocycles. The summed E-state index contributed by atoms with van der Waals surface area (Å²) in [5.74, 6) is 0. The highest BCUT2D eigenvalue weighted by molar-refractivity contribution is 4.90. The van der Waals surface area contributed by atoms with Crippen molar-refractivity contribution in [3.8, 4) is 0 Å². The molecular formula is C6H12N3. The summed E-state index contributed by atoms with van der Waals surface area (Å²) in [6.45, 7) is 2.38. The van der Waals surface area contributed by atoms with Gasteiger partial charge in [-0.25, -0.2) is 0 Å². The van der Waals surface area contributed by atoms with Gasteiger partial charge in [0, 0.05) is 31.3 Å². The lowest BCUT2D eigenvalue weighted by Gasteiger charge is -2.21. The predicted octanol–water partition coefficient (Wildman–Crippen LogP) is -0.770. The lowest BCUT2D eigenvalue weighted by molar-refractivity contribution is 0.423. The van der Waals surface area contributed by atoms with Crippen molar-refractivity contribution in [1.82, 2.24) is 16.8 Å². The zero-order valence-corrected chi connectivity index (χ0v) is 5.43. The minimum absolute atomic E-state index is 0. The normalized spacial score (nSPS) is 40.0. The van der Waals surface area contributed by atoms with Crippen LogP contribution in [-0.2, 0) is 0 Å². The highest BCUT2D eigenvalue weighted by Gasteiger charge is 2.26. The second-order valence-electron chi connectivity index (χ2n) is 2.80. The van der Waals surface area contributed by atoms with E-state index in [9.17, 15) is 0 Å². The Morgan fingerprint density at radius 3 is 2.00 bits per heavy atom. The summed E-state index contributed by atoms with van der Waals surface area (Å²) in [6, 6.07) is 1.60. The Hall–Kier alpha value is -0.120. The Labute approximate surface area is 55.8 Å². The van der Waals surface area contributed by atoms with E-state index in [4.69, 9.17) is 0 Å². The molecule has 0 aromatic carbocycles. The van der Waals surface area contributed by atoms with Gasteiger partial charge < -0.3 is 10.6 Å². The Kier molecular flexibility index (Phi) is 2.05. The predicted molar refractivity (Wildman–Crippen MR) is 34.9 cm³/mol. The first-order chi connectivity index (χ1) is 3.95. The maximum absolute atomic E-state index is 3.53. The van der Waals surface area contributed by atoms with Crippen molar-refractivity contribution in [2.45, 2.75) is 24.9 Å². The van der Waals surface area contributed by atoms with Crippen LogP contribution in [0.5, 0.6) is 0 Å². The van der Waals surface area contributed by atoms with Gasteiger partial charge in [0.2, 0.25) is 0 Å². The molecule has 2 unspecified atom stereocenters. The van der Waals surface area contributed by atoms with Crippen LogP contribution in [0.25, 0.3) is 0 Å². The number of rotatable bonds is 0. The van der Waals surface area contributed by atoms with Crippen LogP contribution < -0.4 is 16.8 Å². The highest BCUT2D eigenvalue weighted by Crippen LogP contribution is 2.13. The first kappa shape index (κ1) is 6.99. The van der Waals surface area contributed by atoms with E-state index in [-0.39, 0.29) is 6.15 Å². The Morgan fingerprint density at radius 1 is 1.00 bits per heavy atom. The first-order valence-electron chi connectivity index (χ1n) is 3.42. The quantitative estimate of drug-likeness (QED) is 0.448. The van der Waals surface area contributed by atoms with Gasteiger partial charge in [-0.3, -0.25) is 0 Å². The molecule has 0 saturated carbocycles. The molecule has 0 aliphatic carbocycles. The minimum atomic E-state index is 0. The van der Waals surface area contributed by atoms with Crippen LogP contribution >= 0.6 is 0 Å². The summed E-state index contributed by atoms with van der Waals surface area (Å²) in [4.78, 5) is 0. The fourth-order valence-electron chi connectivity index (χ4n) is 1.66. The van der Waals surface area contributed by atoms with E-state index in [1.165, 1.54) is 25.9 Å². The molecule has 2 bridgehead atoms. The highest BCUT2D eigenvalue weighted by atomic mass is 15.1. The number of hydrogen-bond donors (Lipinski definition) is 2. The SMILES string of the molecule is C1CC2CNCC1N2.[N]. The molecule has 2 heterocycles. The number of hydrogen-bond acceptors (Lipinski definition) is 2. The van der Waals surface area contributed by atoms with Crippen molar-refractivity contribution < 1.29 is 0 Å². The van der Waals surface area contributed by atoms with Crippen LogP contribution in [0.3, 0.4) is 0 Å². The van der Waals surface area contributed by atoms with Gasteiger partial charge in [-0.05, 0) is 12.8 Å². The number of piperazine rings is 1. The second-order valence-corrected chi connectivity index (χ2v) is 2.80. The molecule has 3 nitrogen and oxygen atoms in total. The molecular weight excluding hydrogens is 114 g/mol. The molecule has 3 heteroatoms. The zero-order chi connectivity index (χ0) is 5.40. The summed E-state index contributed by atoms with van der Waals surface area (Å²) in [6.07, 6.45) is 2.77. The van der Waals surface area contributed by atoms with Crippen LogP contribution in [0.2, 0.25) is 0 Å². The molecule has 0 aromatic rings. The molecule has 2 aliphatic heterocycles. The zero-order valence-electron chi connectivity index (χ0n) is 5.43. The third-order valence-corrected chi connectivity index (χ3v) is 2.12. The fraction of sp³-hybridized carbons (Fsp3) is 1.00. The Morgan fingerprint density at radius 2 is 1.56 bits per heavy atom. The standard InChI is InChI=1S/C6H12N2.N/c1-2-6-4-7-3-5(1)8-6;/h5-8H,1-4H2;. The van der Waals surface area contributed by atoms with Gasteiger partial charge in [-0.15, -0.1) is 0 Å². The van der Waals surface area contributed by atoms with Crippen LogP contribution in [0.1, 0.15) is 12.8 Å². The smallest absolute Gasteiger partial charge is 0.0196 e. The lowest BCUT2D eigenvalue weighted by Crippen LogP contribution is -2.48. The maximum Gasteiger partial charge on any atom is 0.0196 e. The summed E-state index contributed by atoms with van der Waals surface area (Å²) >= 11 is 0. The van der Waals surface area contributed by atoms with Crippen molar-refractivity contribution in [3.05, 3.63) is 0 Å². The molecule has 2 rings (SSSR count). The molecule has 2 N–H and O–H groups in total. The van der Waals surface area contributed by atoms with Crippen LogP contribution in [0.15, 0.2) is 0 Å². The molecule has 2 aliphatic rings. The average Bonchev–Trinajstić information content (AvgIpc) is 2.12. The third kappa shape index (κ3) is 1.23. The van der Waals surface area contributed by atoms with E-state index in [1.807, 2.05) is 0 Å². The van der Waals surface area contributed by atoms with Gasteiger partial charge in [-0.2, -0.15) is 0 Å². The largest absolute Gasteiger partial charge is 0.314 e. The topological polar surface area (TPSA) is 54.6 Å². The van der Waals surface area contributed by atoms with Gasteiger partial charge >= 0.3 is 0 Å². The van der Waals surface area contributed by atoms with Crippen LogP contribution in [-0.4, -0.2) is 25.2 Å². The molecule has 9 heavy (non-hydrogen) atoms. The van der Waals surface area contributed by atoms with E-state index in [0.29, 0.717) is 0 Å². The molecule has 0 spiro atoms. The van der Waals surface area contributed by atoms with E-state index in [2.05, 4.69) is 10.6 Å². The first-order valence-corrected chi connectivity index (χ1v) is 3.42. The second kappa shape index (κ2) is 2.64. The van der Waals surface area contributed by atoms with Gasteiger partial charge in [0.15, 0.2) is 0 Å². The average molecular weight is 126 g/mol. The van der Waals surface area contributed by atoms with Crippen molar-refractivity contribution in [3.63, 3.8) is 0 Å².